The highest BCUT2D eigenvalue weighted by Gasteiger charge is 2.10. The van der Waals surface area contributed by atoms with Crippen LogP contribution in [0.3, 0.4) is 0 Å². The van der Waals surface area contributed by atoms with Crippen molar-refractivity contribution in [3.63, 3.8) is 0 Å². The van der Waals surface area contributed by atoms with Crippen LogP contribution in [-0.2, 0) is 6.42 Å². The molecule has 0 atom stereocenters. The lowest BCUT2D eigenvalue weighted by atomic mass is 10.1. The fourth-order valence-electron chi connectivity index (χ4n) is 1.05. The number of halogens is 4. The highest BCUT2D eigenvalue weighted by atomic mass is 35.5. The van der Waals surface area contributed by atoms with Crippen molar-refractivity contribution in [1.82, 2.24) is 0 Å². The van der Waals surface area contributed by atoms with Gasteiger partial charge in [-0.1, -0.05) is 30.1 Å². The lowest BCUT2D eigenvalue weighted by molar-refractivity contribution is -0.0498. The molecule has 0 radical (unpaired) electrons. The van der Waals surface area contributed by atoms with E-state index in [4.69, 9.17) is 23.2 Å². The van der Waals surface area contributed by atoms with Gasteiger partial charge in [-0.3, -0.25) is 0 Å². The topological polar surface area (TPSA) is 9.23 Å². The average molecular weight is 241 g/mol. The predicted octanol–water partition coefficient (Wildman–Crippen LogP) is 4.16. The molecule has 0 aromatic heterocycles. The normalized spacial score (nSPS) is 10.7. The van der Waals surface area contributed by atoms with Gasteiger partial charge in [-0.25, -0.2) is 0 Å². The second-order valence-corrected chi connectivity index (χ2v) is 3.40. The van der Waals surface area contributed by atoms with E-state index < -0.39 is 6.61 Å². The molecule has 78 valence electrons. The zero-order valence-corrected chi connectivity index (χ0v) is 8.87. The maximum atomic E-state index is 11.9. The average Bonchev–Trinajstić information content (AvgIpc) is 2.10. The third-order valence-corrected chi connectivity index (χ3v) is 2.52. The van der Waals surface area contributed by atoms with Crippen molar-refractivity contribution in [1.29, 1.82) is 0 Å². The molecular weight excluding hydrogens is 233 g/mol. The van der Waals surface area contributed by atoms with Gasteiger partial charge < -0.3 is 4.74 Å². The van der Waals surface area contributed by atoms with Crippen LogP contribution >= 0.6 is 23.2 Å². The molecule has 0 spiro atoms. The first-order chi connectivity index (χ1) is 6.54. The van der Waals surface area contributed by atoms with Crippen molar-refractivity contribution in [3.8, 4) is 5.75 Å². The molecule has 0 aliphatic heterocycles. The number of aryl methyl sites for hydroxylation is 1. The number of rotatable bonds is 3. The molecule has 0 aliphatic rings. The second kappa shape index (κ2) is 4.80. The van der Waals surface area contributed by atoms with Crippen molar-refractivity contribution in [3.05, 3.63) is 27.7 Å². The Bertz CT molecular complexity index is 329. The summed E-state index contributed by atoms with van der Waals surface area (Å²) in [5.41, 5.74) is 0.690. The Balaban J connectivity index is 3.03. The smallest absolute Gasteiger partial charge is 0.387 e. The van der Waals surface area contributed by atoms with E-state index in [0.29, 0.717) is 17.0 Å². The zero-order chi connectivity index (χ0) is 10.7. The lowest BCUT2D eigenvalue weighted by Crippen LogP contribution is -2.02. The van der Waals surface area contributed by atoms with Crippen molar-refractivity contribution in [2.45, 2.75) is 20.0 Å². The molecule has 5 heteroatoms. The third-order valence-electron chi connectivity index (χ3n) is 1.68. The van der Waals surface area contributed by atoms with E-state index in [1.54, 1.807) is 0 Å². The Kier molecular flexibility index (Phi) is 3.96. The molecule has 1 aromatic carbocycles. The minimum Gasteiger partial charge on any atom is -0.435 e. The Morgan fingerprint density at radius 3 is 2.50 bits per heavy atom. The van der Waals surface area contributed by atoms with Gasteiger partial charge in [-0.15, -0.1) is 0 Å². The van der Waals surface area contributed by atoms with Gasteiger partial charge >= 0.3 is 6.61 Å². The first-order valence-corrected chi connectivity index (χ1v) is 4.73. The van der Waals surface area contributed by atoms with Gasteiger partial charge in [0.2, 0.25) is 0 Å². The van der Waals surface area contributed by atoms with Crippen LogP contribution in [0.4, 0.5) is 8.78 Å². The summed E-state index contributed by atoms with van der Waals surface area (Å²) in [7, 11) is 0. The SMILES string of the molecule is CCc1cc(OC(F)F)cc(Cl)c1Cl. The number of benzene rings is 1. The number of hydrogen-bond donors (Lipinski definition) is 0. The van der Waals surface area contributed by atoms with E-state index >= 15 is 0 Å². The first kappa shape index (κ1) is 11.5. The molecule has 1 rings (SSSR count). The van der Waals surface area contributed by atoms with Crippen molar-refractivity contribution < 1.29 is 13.5 Å². The second-order valence-electron chi connectivity index (χ2n) is 2.61. The molecule has 14 heavy (non-hydrogen) atoms. The zero-order valence-electron chi connectivity index (χ0n) is 7.36. The van der Waals surface area contributed by atoms with Crippen LogP contribution in [0.2, 0.25) is 10.0 Å². The summed E-state index contributed by atoms with van der Waals surface area (Å²) in [5, 5.41) is 0.609. The van der Waals surface area contributed by atoms with Crippen LogP contribution in [0, 0.1) is 0 Å². The van der Waals surface area contributed by atoms with Crippen molar-refractivity contribution in [2.24, 2.45) is 0 Å². The quantitative estimate of drug-likeness (QED) is 0.772. The molecule has 0 saturated carbocycles. The van der Waals surface area contributed by atoms with Crippen LogP contribution in [0.25, 0.3) is 0 Å². The molecule has 0 aliphatic carbocycles. The van der Waals surface area contributed by atoms with Gasteiger partial charge in [0.25, 0.3) is 0 Å². The van der Waals surface area contributed by atoms with E-state index in [2.05, 4.69) is 4.74 Å². The Labute approximate surface area is 90.6 Å². The highest BCUT2D eigenvalue weighted by molar-refractivity contribution is 6.42. The van der Waals surface area contributed by atoms with Crippen molar-refractivity contribution in [2.75, 3.05) is 0 Å². The van der Waals surface area contributed by atoms with Gasteiger partial charge in [0, 0.05) is 6.07 Å². The molecule has 0 unspecified atom stereocenters. The fourth-order valence-corrected chi connectivity index (χ4v) is 1.52. The molecule has 1 aromatic rings. The van der Waals surface area contributed by atoms with Crippen LogP contribution in [-0.4, -0.2) is 6.61 Å². The van der Waals surface area contributed by atoms with E-state index in [9.17, 15) is 8.78 Å². The minimum absolute atomic E-state index is 0.0336. The van der Waals surface area contributed by atoms with Crippen LogP contribution in [0.15, 0.2) is 12.1 Å². The van der Waals surface area contributed by atoms with Crippen LogP contribution < -0.4 is 4.74 Å². The maximum absolute atomic E-state index is 11.9. The summed E-state index contributed by atoms with van der Waals surface area (Å²) in [6.07, 6.45) is 0.610. The van der Waals surface area contributed by atoms with Gasteiger partial charge in [0.05, 0.1) is 10.0 Å². The molecule has 1 nitrogen and oxygen atoms in total. The molecule has 0 N–H and O–H groups in total. The highest BCUT2D eigenvalue weighted by Crippen LogP contribution is 2.31. The van der Waals surface area contributed by atoms with E-state index in [0.717, 1.165) is 0 Å². The molecular formula is C9H8Cl2F2O. The largest absolute Gasteiger partial charge is 0.435 e. The molecule has 0 amide bonds. The molecule has 0 heterocycles. The summed E-state index contributed by atoms with van der Waals surface area (Å²) in [4.78, 5) is 0. The summed E-state index contributed by atoms with van der Waals surface area (Å²) in [6.45, 7) is -0.999. The fraction of sp³-hybridized carbons (Fsp3) is 0.333. The van der Waals surface area contributed by atoms with Gasteiger partial charge in [0.1, 0.15) is 5.75 Å². The standard InChI is InChI=1S/C9H8Cl2F2O/c1-2-5-3-6(14-9(12)13)4-7(10)8(5)11/h3-4,9H,2H2,1H3. The summed E-state index contributed by atoms with van der Waals surface area (Å²) in [6, 6.07) is 2.73. The summed E-state index contributed by atoms with van der Waals surface area (Å²) >= 11 is 11.6. The third kappa shape index (κ3) is 2.72. The number of hydrogen-bond acceptors (Lipinski definition) is 1. The van der Waals surface area contributed by atoms with Crippen LogP contribution in [0.5, 0.6) is 5.75 Å². The number of alkyl halides is 2. The Hall–Kier alpha value is -0.540. The molecule has 0 saturated heterocycles. The lowest BCUT2D eigenvalue weighted by Gasteiger charge is -2.08. The van der Waals surface area contributed by atoms with E-state index in [-0.39, 0.29) is 10.8 Å². The first-order valence-electron chi connectivity index (χ1n) is 3.97. The van der Waals surface area contributed by atoms with E-state index in [1.807, 2.05) is 6.92 Å². The van der Waals surface area contributed by atoms with Gasteiger partial charge in [0.15, 0.2) is 0 Å². The van der Waals surface area contributed by atoms with Crippen molar-refractivity contribution >= 4 is 23.2 Å². The monoisotopic (exact) mass is 240 g/mol. The maximum Gasteiger partial charge on any atom is 0.387 e. The van der Waals surface area contributed by atoms with Gasteiger partial charge in [-0.2, -0.15) is 8.78 Å². The Morgan fingerprint density at radius 1 is 1.36 bits per heavy atom. The van der Waals surface area contributed by atoms with Gasteiger partial charge in [-0.05, 0) is 18.1 Å². The summed E-state index contributed by atoms with van der Waals surface area (Å²) in [5.74, 6) is 0.0336. The summed E-state index contributed by atoms with van der Waals surface area (Å²) < 4.78 is 28.0. The minimum atomic E-state index is -2.85. The Morgan fingerprint density at radius 2 is 2.00 bits per heavy atom. The predicted molar refractivity (Wildman–Crippen MR) is 52.5 cm³/mol. The van der Waals surface area contributed by atoms with E-state index in [1.165, 1.54) is 12.1 Å². The van der Waals surface area contributed by atoms with Crippen LogP contribution in [0.1, 0.15) is 12.5 Å². The molecule has 0 bridgehead atoms. The molecule has 0 fully saturated rings. The number of ether oxygens (including phenoxy) is 1.